The minimum atomic E-state index is -0.326. The van der Waals surface area contributed by atoms with Gasteiger partial charge in [0.2, 0.25) is 0 Å². The number of fused-ring (bicyclic) bond motifs is 3. The summed E-state index contributed by atoms with van der Waals surface area (Å²) in [6, 6.07) is 41.8. The van der Waals surface area contributed by atoms with Gasteiger partial charge in [-0.1, -0.05) is 167 Å². The minimum Gasteiger partial charge on any atom is -0.513 e. The number of benzene rings is 5. The van der Waals surface area contributed by atoms with Crippen LogP contribution >= 0.6 is 0 Å². The third-order valence-corrected chi connectivity index (χ3v) is 11.5. The zero-order chi connectivity index (χ0) is 42.9. The molecular formula is C54H57N4O2Pt+. The molecular weight excluding hydrogens is 932 g/mol. The van der Waals surface area contributed by atoms with Crippen molar-refractivity contribution >= 4 is 21.8 Å². The molecule has 8 aromatic rings. The molecule has 7 heteroatoms. The van der Waals surface area contributed by atoms with Gasteiger partial charge >= 0.3 is 21.1 Å². The Morgan fingerprint density at radius 1 is 0.623 bits per heavy atom. The van der Waals surface area contributed by atoms with Crippen molar-refractivity contribution < 1.29 is 35.7 Å². The molecule has 0 bridgehead atoms. The fraction of sp³-hybridized carbons (Fsp3) is 0.296. The number of hydrogen-bond acceptors (Lipinski definition) is 3. The van der Waals surface area contributed by atoms with Crippen LogP contribution in [0, 0.1) is 12.4 Å². The molecule has 0 atom stereocenters. The number of aromatic hydroxyl groups is 1. The van der Waals surface area contributed by atoms with Crippen LogP contribution in [0.5, 0.6) is 11.5 Å². The van der Waals surface area contributed by atoms with Crippen molar-refractivity contribution in [1.82, 2.24) is 14.1 Å². The summed E-state index contributed by atoms with van der Waals surface area (Å²) in [5.74, 6) is 1.55. The van der Waals surface area contributed by atoms with Crippen LogP contribution in [-0.4, -0.2) is 19.2 Å². The van der Waals surface area contributed by atoms with Gasteiger partial charge in [0.1, 0.15) is 11.6 Å². The largest absolute Gasteiger partial charge is 2.00 e. The van der Waals surface area contributed by atoms with Crippen molar-refractivity contribution in [2.24, 2.45) is 0 Å². The van der Waals surface area contributed by atoms with Gasteiger partial charge in [-0.2, -0.15) is 6.07 Å². The van der Waals surface area contributed by atoms with Gasteiger partial charge in [-0.25, -0.2) is 4.98 Å². The number of phenols is 1. The number of phenolic OH excluding ortho intramolecular Hbond substituents is 1. The van der Waals surface area contributed by atoms with Gasteiger partial charge in [0.05, 0.1) is 23.3 Å². The Morgan fingerprint density at radius 3 is 1.95 bits per heavy atom. The van der Waals surface area contributed by atoms with E-state index in [0.29, 0.717) is 11.4 Å². The number of nitrogens with zero attached hydrogens (tertiary/aromatic N) is 4. The summed E-state index contributed by atoms with van der Waals surface area (Å²) in [4.78, 5) is 11.6. The van der Waals surface area contributed by atoms with E-state index >= 15 is 0 Å². The van der Waals surface area contributed by atoms with Crippen molar-refractivity contribution in [2.45, 2.75) is 105 Å². The monoisotopic (exact) mass is 988 g/mol. The fourth-order valence-corrected chi connectivity index (χ4v) is 7.93. The van der Waals surface area contributed by atoms with E-state index in [1.54, 1.807) is 4.73 Å². The molecule has 0 fully saturated rings. The molecule has 0 saturated heterocycles. The molecule has 5 aromatic carbocycles. The first-order valence-electron chi connectivity index (χ1n) is 20.9. The Kier molecular flexibility index (Phi) is 11.3. The van der Waals surface area contributed by atoms with Crippen molar-refractivity contribution in [3.8, 4) is 45.4 Å². The number of para-hydroxylation sites is 1. The summed E-state index contributed by atoms with van der Waals surface area (Å²) in [5, 5.41) is 14.4. The molecule has 6 nitrogen and oxygen atoms in total. The molecule has 0 unspecified atom stereocenters. The Hall–Kier alpha value is -5.45. The second-order valence-corrected chi connectivity index (χ2v) is 20.2. The van der Waals surface area contributed by atoms with Gasteiger partial charge in [0.25, 0.3) is 6.33 Å². The zero-order valence-corrected chi connectivity index (χ0v) is 39.8. The third kappa shape index (κ3) is 8.45. The molecule has 0 aliphatic heterocycles. The maximum Gasteiger partial charge on any atom is 2.00 e. The van der Waals surface area contributed by atoms with E-state index < -0.39 is 0 Å². The van der Waals surface area contributed by atoms with E-state index in [4.69, 9.17) is 9.82 Å². The quantitative estimate of drug-likeness (QED) is 0.133. The molecule has 3 heterocycles. The Morgan fingerprint density at radius 2 is 1.28 bits per heavy atom. The first kappa shape index (κ1) is 43.6. The maximum atomic E-state index is 12.3. The summed E-state index contributed by atoms with van der Waals surface area (Å²) in [5.41, 5.74) is 10.3. The van der Waals surface area contributed by atoms with E-state index in [2.05, 4.69) is 197 Å². The van der Waals surface area contributed by atoms with Crippen LogP contribution in [0.3, 0.4) is 0 Å². The number of rotatable bonds is 6. The summed E-state index contributed by atoms with van der Waals surface area (Å²) < 4.78 is 5.74. The van der Waals surface area contributed by atoms with Crippen LogP contribution in [0.1, 0.15) is 105 Å². The minimum absolute atomic E-state index is 0. The second kappa shape index (κ2) is 15.8. The van der Waals surface area contributed by atoms with Crippen molar-refractivity contribution in [3.63, 3.8) is 0 Å². The van der Waals surface area contributed by atoms with Gasteiger partial charge in [0.15, 0.2) is 0 Å². The maximum absolute atomic E-state index is 12.3. The van der Waals surface area contributed by atoms with E-state index in [1.165, 1.54) is 11.1 Å². The molecule has 8 rings (SSSR count). The normalized spacial score (nSPS) is 12.5. The molecule has 0 spiro atoms. The topological polar surface area (TPSA) is 56.1 Å². The number of hydrogen-bond donors (Lipinski definition) is 1. The predicted molar refractivity (Wildman–Crippen MR) is 246 cm³/mol. The van der Waals surface area contributed by atoms with Gasteiger partial charge in [0, 0.05) is 11.7 Å². The van der Waals surface area contributed by atoms with E-state index in [0.717, 1.165) is 61.1 Å². The van der Waals surface area contributed by atoms with Crippen molar-refractivity contribution in [3.05, 3.63) is 156 Å². The molecule has 3 aromatic heterocycles. The smallest absolute Gasteiger partial charge is 0.513 e. The van der Waals surface area contributed by atoms with E-state index in [9.17, 15) is 5.11 Å². The van der Waals surface area contributed by atoms with Crippen LogP contribution in [0.4, 0.5) is 0 Å². The van der Waals surface area contributed by atoms with E-state index in [1.807, 2.05) is 29.1 Å². The van der Waals surface area contributed by atoms with Crippen LogP contribution in [0.2, 0.25) is 0 Å². The third-order valence-electron chi connectivity index (χ3n) is 11.5. The van der Waals surface area contributed by atoms with Gasteiger partial charge in [-0.3, -0.25) is 0 Å². The molecule has 314 valence electrons. The number of aromatic nitrogens is 4. The first-order valence-corrected chi connectivity index (χ1v) is 20.9. The summed E-state index contributed by atoms with van der Waals surface area (Å²) in [6.07, 6.45) is 7.37. The number of pyridine rings is 1. The molecule has 0 saturated carbocycles. The Balaban J connectivity index is 0.00000561. The summed E-state index contributed by atoms with van der Waals surface area (Å²) in [7, 11) is 0. The number of imidazole rings is 1. The van der Waals surface area contributed by atoms with Crippen LogP contribution in [0.15, 0.2) is 122 Å². The fourth-order valence-electron chi connectivity index (χ4n) is 7.93. The molecule has 1 N–H and O–H groups in total. The molecule has 0 aliphatic rings. The molecule has 0 radical (unpaired) electrons. The average Bonchev–Trinajstić information content (AvgIpc) is 3.75. The average molecular weight is 989 g/mol. The van der Waals surface area contributed by atoms with Crippen LogP contribution < -0.4 is 9.57 Å². The molecule has 0 aliphatic carbocycles. The van der Waals surface area contributed by atoms with Gasteiger partial charge in [-0.15, -0.1) is 22.2 Å². The van der Waals surface area contributed by atoms with Crippen molar-refractivity contribution in [1.29, 1.82) is 0 Å². The predicted octanol–water partition coefficient (Wildman–Crippen LogP) is 12.9. The standard InChI is InChI=1S/C54H57N4O2.Pt/c1-51(2,3)36-22-24-42(43(28-36)35-18-14-13-15-19-35)48-33-56(34-57(48)47-30-38(53(7,8)9)29-44(50(47)59)54(10,11)12)60-39-23-25-41-40-20-16-17-21-45(40)58(46(41)32-39)49-31-37(26-27-55-49)52(4,5)6;/h13-31,33,59H,1-12H3;/q-1;+2. The Labute approximate surface area is 376 Å². The van der Waals surface area contributed by atoms with E-state index in [-0.39, 0.29) is 48.5 Å². The zero-order valence-electron chi connectivity index (χ0n) is 37.5. The first-order chi connectivity index (χ1) is 28.2. The van der Waals surface area contributed by atoms with Crippen molar-refractivity contribution in [2.75, 3.05) is 0 Å². The van der Waals surface area contributed by atoms with Gasteiger partial charge in [-0.05, 0) is 84.2 Å². The van der Waals surface area contributed by atoms with Gasteiger partial charge < -0.3 is 19.1 Å². The van der Waals surface area contributed by atoms with Crippen LogP contribution in [0.25, 0.3) is 55.7 Å². The van der Waals surface area contributed by atoms with Crippen LogP contribution in [-0.2, 0) is 42.7 Å². The SMILES string of the molecule is CC(C)(C)c1ccnc(-n2c3[c-]c(O[n+]4[c-]n(-c5cc(C(C)(C)C)cc(C(C)(C)C)c5O)c(-c5ccc(C(C)(C)C)cc5-c5ccccc5)c4)ccc3c3ccccc32)c1.[Pt+2]. The summed E-state index contributed by atoms with van der Waals surface area (Å²) in [6.45, 7) is 26.4. The molecule has 61 heavy (non-hydrogen) atoms. The second-order valence-electron chi connectivity index (χ2n) is 20.2. The molecule has 0 amide bonds. The Bertz CT molecular complexity index is 2890. The summed E-state index contributed by atoms with van der Waals surface area (Å²) >= 11 is 0.